The number of pyridine rings is 1. The van der Waals surface area contributed by atoms with Crippen molar-refractivity contribution in [2.75, 3.05) is 5.32 Å². The second kappa shape index (κ2) is 7.79. The SMILES string of the molecule is CCCCCc1ccc(NC(=O)c2cnccc2Cl)cc1. The van der Waals surface area contributed by atoms with E-state index in [9.17, 15) is 4.79 Å². The van der Waals surface area contributed by atoms with Gasteiger partial charge < -0.3 is 5.32 Å². The molecule has 0 spiro atoms. The first-order valence-electron chi connectivity index (χ1n) is 7.20. The molecular formula is C17H19ClN2O. The van der Waals surface area contributed by atoms with Gasteiger partial charge >= 0.3 is 0 Å². The number of hydrogen-bond acceptors (Lipinski definition) is 2. The quantitative estimate of drug-likeness (QED) is 0.784. The monoisotopic (exact) mass is 302 g/mol. The maximum Gasteiger partial charge on any atom is 0.258 e. The molecule has 1 aromatic heterocycles. The molecule has 1 N–H and O–H groups in total. The maximum absolute atomic E-state index is 12.1. The Hall–Kier alpha value is -1.87. The Morgan fingerprint density at radius 1 is 1.19 bits per heavy atom. The van der Waals surface area contributed by atoms with Gasteiger partial charge in [0.2, 0.25) is 0 Å². The molecule has 4 heteroatoms. The number of aryl methyl sites for hydroxylation is 1. The Balaban J connectivity index is 1.97. The standard InChI is InChI=1S/C17H19ClN2O/c1-2-3-4-5-13-6-8-14(9-7-13)20-17(21)15-12-19-11-10-16(15)18/h6-12H,2-5H2,1H3,(H,20,21). The second-order valence-electron chi connectivity index (χ2n) is 4.96. The fraction of sp³-hybridized carbons (Fsp3) is 0.294. The summed E-state index contributed by atoms with van der Waals surface area (Å²) in [4.78, 5) is 16.0. The smallest absolute Gasteiger partial charge is 0.258 e. The van der Waals surface area contributed by atoms with Gasteiger partial charge in [0.25, 0.3) is 5.91 Å². The molecule has 2 aromatic rings. The van der Waals surface area contributed by atoms with Crippen molar-refractivity contribution in [3.05, 3.63) is 58.9 Å². The number of amides is 1. The van der Waals surface area contributed by atoms with E-state index < -0.39 is 0 Å². The lowest BCUT2D eigenvalue weighted by atomic mass is 10.1. The van der Waals surface area contributed by atoms with E-state index in [4.69, 9.17) is 11.6 Å². The summed E-state index contributed by atoms with van der Waals surface area (Å²) in [5, 5.41) is 3.23. The van der Waals surface area contributed by atoms with Crippen molar-refractivity contribution in [2.24, 2.45) is 0 Å². The highest BCUT2D eigenvalue weighted by Gasteiger charge is 2.10. The molecule has 110 valence electrons. The van der Waals surface area contributed by atoms with Crippen LogP contribution in [0.3, 0.4) is 0 Å². The first-order valence-corrected chi connectivity index (χ1v) is 7.58. The van der Waals surface area contributed by atoms with Gasteiger partial charge in [-0.05, 0) is 36.6 Å². The molecule has 0 unspecified atom stereocenters. The number of nitrogens with zero attached hydrogens (tertiary/aromatic N) is 1. The van der Waals surface area contributed by atoms with Gasteiger partial charge in [0, 0.05) is 18.1 Å². The number of carbonyl (C=O) groups is 1. The van der Waals surface area contributed by atoms with E-state index in [0.29, 0.717) is 10.6 Å². The highest BCUT2D eigenvalue weighted by molar-refractivity contribution is 6.34. The average molecular weight is 303 g/mol. The summed E-state index contributed by atoms with van der Waals surface area (Å²) >= 11 is 5.98. The van der Waals surface area contributed by atoms with Crippen LogP contribution in [-0.2, 0) is 6.42 Å². The number of nitrogens with one attached hydrogen (secondary N) is 1. The Morgan fingerprint density at radius 3 is 2.62 bits per heavy atom. The summed E-state index contributed by atoms with van der Waals surface area (Å²) < 4.78 is 0. The normalized spacial score (nSPS) is 10.4. The largest absolute Gasteiger partial charge is 0.322 e. The third-order valence-corrected chi connectivity index (χ3v) is 3.62. The van der Waals surface area contributed by atoms with Crippen molar-refractivity contribution in [1.29, 1.82) is 0 Å². The van der Waals surface area contributed by atoms with Crippen LogP contribution >= 0.6 is 11.6 Å². The molecule has 1 heterocycles. The van der Waals surface area contributed by atoms with Crippen LogP contribution in [0.25, 0.3) is 0 Å². The number of rotatable bonds is 6. The minimum Gasteiger partial charge on any atom is -0.322 e. The number of benzene rings is 1. The van der Waals surface area contributed by atoms with E-state index in [1.54, 1.807) is 12.3 Å². The fourth-order valence-electron chi connectivity index (χ4n) is 2.08. The van der Waals surface area contributed by atoms with Gasteiger partial charge in [0.15, 0.2) is 0 Å². The van der Waals surface area contributed by atoms with E-state index >= 15 is 0 Å². The van der Waals surface area contributed by atoms with Crippen LogP contribution in [0.5, 0.6) is 0 Å². The zero-order chi connectivity index (χ0) is 15.1. The van der Waals surface area contributed by atoms with Crippen molar-refractivity contribution < 1.29 is 4.79 Å². The van der Waals surface area contributed by atoms with Crippen LogP contribution in [0.1, 0.15) is 42.1 Å². The zero-order valence-corrected chi connectivity index (χ0v) is 12.9. The van der Waals surface area contributed by atoms with Crippen LogP contribution in [-0.4, -0.2) is 10.9 Å². The molecule has 0 radical (unpaired) electrons. The molecule has 0 bridgehead atoms. The number of halogens is 1. The van der Waals surface area contributed by atoms with E-state index in [1.165, 1.54) is 31.0 Å². The molecule has 0 aliphatic heterocycles. The summed E-state index contributed by atoms with van der Waals surface area (Å²) in [7, 11) is 0. The Kier molecular flexibility index (Phi) is 5.76. The third kappa shape index (κ3) is 4.57. The van der Waals surface area contributed by atoms with Gasteiger partial charge in [-0.2, -0.15) is 0 Å². The molecule has 0 saturated heterocycles. The van der Waals surface area contributed by atoms with Gasteiger partial charge in [-0.3, -0.25) is 9.78 Å². The number of aromatic nitrogens is 1. The maximum atomic E-state index is 12.1. The lowest BCUT2D eigenvalue weighted by molar-refractivity contribution is 0.102. The van der Waals surface area contributed by atoms with Crippen LogP contribution in [0.4, 0.5) is 5.69 Å². The molecule has 0 aliphatic rings. The highest BCUT2D eigenvalue weighted by atomic mass is 35.5. The molecule has 3 nitrogen and oxygen atoms in total. The lowest BCUT2D eigenvalue weighted by Crippen LogP contribution is -2.12. The molecule has 0 fully saturated rings. The number of hydrogen-bond donors (Lipinski definition) is 1. The summed E-state index contributed by atoms with van der Waals surface area (Å²) in [6, 6.07) is 9.55. The predicted octanol–water partition coefficient (Wildman–Crippen LogP) is 4.72. The minimum atomic E-state index is -0.244. The van der Waals surface area contributed by atoms with Crippen LogP contribution in [0.15, 0.2) is 42.7 Å². The molecule has 1 amide bonds. The van der Waals surface area contributed by atoms with Crippen molar-refractivity contribution in [1.82, 2.24) is 4.98 Å². The molecule has 0 saturated carbocycles. The molecule has 0 atom stereocenters. The first kappa shape index (κ1) is 15.5. The zero-order valence-electron chi connectivity index (χ0n) is 12.1. The number of anilines is 1. The predicted molar refractivity (Wildman–Crippen MR) is 86.9 cm³/mol. The second-order valence-corrected chi connectivity index (χ2v) is 5.37. The van der Waals surface area contributed by atoms with E-state index in [2.05, 4.69) is 29.4 Å². The van der Waals surface area contributed by atoms with Gasteiger partial charge in [-0.15, -0.1) is 0 Å². The van der Waals surface area contributed by atoms with E-state index in [0.717, 1.165) is 12.1 Å². The molecule has 21 heavy (non-hydrogen) atoms. The summed E-state index contributed by atoms with van der Waals surface area (Å²) in [5.74, 6) is -0.244. The van der Waals surface area contributed by atoms with Crippen LogP contribution < -0.4 is 5.32 Å². The summed E-state index contributed by atoms with van der Waals surface area (Å²) in [6.07, 6.45) is 7.78. The summed E-state index contributed by atoms with van der Waals surface area (Å²) in [5.41, 5.74) is 2.44. The van der Waals surface area contributed by atoms with Crippen molar-refractivity contribution in [3.8, 4) is 0 Å². The molecule has 2 rings (SSSR count). The summed E-state index contributed by atoms with van der Waals surface area (Å²) in [6.45, 7) is 2.20. The van der Waals surface area contributed by atoms with Gasteiger partial charge in [-0.25, -0.2) is 0 Å². The molecule has 1 aromatic carbocycles. The van der Waals surface area contributed by atoms with Gasteiger partial charge in [0.05, 0.1) is 10.6 Å². The Bertz CT molecular complexity index is 596. The van der Waals surface area contributed by atoms with Crippen molar-refractivity contribution >= 4 is 23.2 Å². The van der Waals surface area contributed by atoms with Crippen molar-refractivity contribution in [2.45, 2.75) is 32.6 Å². The first-order chi connectivity index (χ1) is 10.2. The third-order valence-electron chi connectivity index (χ3n) is 3.29. The average Bonchev–Trinajstić information content (AvgIpc) is 2.49. The van der Waals surface area contributed by atoms with Crippen molar-refractivity contribution in [3.63, 3.8) is 0 Å². The minimum absolute atomic E-state index is 0.244. The van der Waals surface area contributed by atoms with Crippen LogP contribution in [0.2, 0.25) is 5.02 Å². The molecular weight excluding hydrogens is 284 g/mol. The van der Waals surface area contributed by atoms with Gasteiger partial charge in [-0.1, -0.05) is 43.5 Å². The topological polar surface area (TPSA) is 42.0 Å². The number of unbranched alkanes of at least 4 members (excludes halogenated alkanes) is 2. The van der Waals surface area contributed by atoms with Gasteiger partial charge in [0.1, 0.15) is 0 Å². The van der Waals surface area contributed by atoms with E-state index in [1.807, 2.05) is 12.1 Å². The Morgan fingerprint density at radius 2 is 1.95 bits per heavy atom. The number of carbonyl (C=O) groups excluding carboxylic acids is 1. The lowest BCUT2D eigenvalue weighted by Gasteiger charge is -2.07. The highest BCUT2D eigenvalue weighted by Crippen LogP contribution is 2.17. The molecule has 0 aliphatic carbocycles. The fourth-order valence-corrected chi connectivity index (χ4v) is 2.27. The van der Waals surface area contributed by atoms with E-state index in [-0.39, 0.29) is 5.91 Å². The van der Waals surface area contributed by atoms with Crippen LogP contribution in [0, 0.1) is 0 Å². The Labute approximate surface area is 130 Å².